The first-order valence-corrected chi connectivity index (χ1v) is 8.03. The van der Waals surface area contributed by atoms with Crippen LogP contribution in [0.25, 0.3) is 0 Å². The lowest BCUT2D eigenvalue weighted by Crippen LogP contribution is -2.41. The monoisotopic (exact) mass is 331 g/mol. The molecule has 1 fully saturated rings. The number of nitrogens with zero attached hydrogens (tertiary/aromatic N) is 3. The Morgan fingerprint density at radius 2 is 2.04 bits per heavy atom. The standard InChI is InChI=1S/C18H22FN3O2/c1-14-20-9-7-16(21-14)11-22-10-8-18(12-22,23-2)13-24-17-5-3-15(19)4-6-17/h3-7,9H,8,10-13H2,1-2H3. The van der Waals surface area contributed by atoms with E-state index in [0.29, 0.717) is 12.4 Å². The van der Waals surface area contributed by atoms with Crippen LogP contribution in [0, 0.1) is 12.7 Å². The molecule has 0 saturated carbocycles. The molecule has 1 saturated heterocycles. The molecule has 2 aromatic rings. The number of hydrogen-bond acceptors (Lipinski definition) is 5. The van der Waals surface area contributed by atoms with Gasteiger partial charge in [-0.25, -0.2) is 14.4 Å². The van der Waals surface area contributed by atoms with Crippen molar-refractivity contribution in [2.45, 2.75) is 25.5 Å². The van der Waals surface area contributed by atoms with Crippen molar-refractivity contribution in [2.24, 2.45) is 0 Å². The minimum atomic E-state index is -0.351. The van der Waals surface area contributed by atoms with Crippen LogP contribution in [0.4, 0.5) is 4.39 Å². The first-order chi connectivity index (χ1) is 11.6. The van der Waals surface area contributed by atoms with Gasteiger partial charge in [0.1, 0.15) is 29.6 Å². The zero-order chi connectivity index (χ0) is 17.0. The first-order valence-electron chi connectivity index (χ1n) is 8.03. The number of benzene rings is 1. The average Bonchev–Trinajstić information content (AvgIpc) is 2.98. The van der Waals surface area contributed by atoms with Crippen molar-refractivity contribution in [3.05, 3.63) is 53.9 Å². The van der Waals surface area contributed by atoms with Crippen LogP contribution in [0.2, 0.25) is 0 Å². The number of methoxy groups -OCH3 is 1. The number of ether oxygens (including phenoxy) is 2. The van der Waals surface area contributed by atoms with Crippen LogP contribution in [0.15, 0.2) is 36.5 Å². The summed E-state index contributed by atoms with van der Waals surface area (Å²) in [6.07, 6.45) is 2.67. The largest absolute Gasteiger partial charge is 0.491 e. The minimum absolute atomic E-state index is 0.268. The van der Waals surface area contributed by atoms with Crippen molar-refractivity contribution >= 4 is 0 Å². The maximum Gasteiger partial charge on any atom is 0.125 e. The third-order valence-electron chi connectivity index (χ3n) is 4.36. The topological polar surface area (TPSA) is 47.5 Å². The first kappa shape index (κ1) is 16.8. The SMILES string of the molecule is COC1(COc2ccc(F)cc2)CCN(Cc2ccnc(C)n2)C1. The molecule has 1 aromatic heterocycles. The van der Waals surface area contributed by atoms with Crippen LogP contribution < -0.4 is 4.74 Å². The maximum atomic E-state index is 13.0. The molecule has 3 rings (SSSR count). The molecule has 1 aromatic carbocycles. The molecule has 128 valence electrons. The molecule has 1 unspecified atom stereocenters. The fraction of sp³-hybridized carbons (Fsp3) is 0.444. The summed E-state index contributed by atoms with van der Waals surface area (Å²) in [5.41, 5.74) is 0.657. The number of halogens is 1. The molecule has 1 aliphatic heterocycles. The summed E-state index contributed by atoms with van der Waals surface area (Å²) in [7, 11) is 1.71. The van der Waals surface area contributed by atoms with E-state index in [1.54, 1.807) is 25.4 Å². The van der Waals surface area contributed by atoms with Gasteiger partial charge in [-0.15, -0.1) is 0 Å². The van der Waals surface area contributed by atoms with E-state index in [4.69, 9.17) is 9.47 Å². The molecule has 0 radical (unpaired) electrons. The zero-order valence-corrected chi connectivity index (χ0v) is 14.0. The smallest absolute Gasteiger partial charge is 0.125 e. The Kier molecular flexibility index (Phi) is 5.06. The van der Waals surface area contributed by atoms with E-state index in [1.165, 1.54) is 12.1 Å². The predicted molar refractivity (Wildman–Crippen MR) is 88.3 cm³/mol. The fourth-order valence-corrected chi connectivity index (χ4v) is 2.97. The molecule has 0 amide bonds. The second-order valence-electron chi connectivity index (χ2n) is 6.19. The van der Waals surface area contributed by atoms with Gasteiger partial charge in [-0.2, -0.15) is 0 Å². The van der Waals surface area contributed by atoms with Gasteiger partial charge in [-0.1, -0.05) is 0 Å². The Hall–Kier alpha value is -2.05. The van der Waals surface area contributed by atoms with Gasteiger partial charge in [0.15, 0.2) is 0 Å². The molecular weight excluding hydrogens is 309 g/mol. The lowest BCUT2D eigenvalue weighted by Gasteiger charge is -2.28. The van der Waals surface area contributed by atoms with Gasteiger partial charge < -0.3 is 9.47 Å². The number of rotatable bonds is 6. The minimum Gasteiger partial charge on any atom is -0.491 e. The second-order valence-corrected chi connectivity index (χ2v) is 6.19. The van der Waals surface area contributed by atoms with Crippen molar-refractivity contribution < 1.29 is 13.9 Å². The summed E-state index contributed by atoms with van der Waals surface area (Å²) in [5, 5.41) is 0. The molecule has 5 nitrogen and oxygen atoms in total. The van der Waals surface area contributed by atoms with Gasteiger partial charge >= 0.3 is 0 Å². The van der Waals surface area contributed by atoms with E-state index in [-0.39, 0.29) is 11.4 Å². The quantitative estimate of drug-likeness (QED) is 0.814. The van der Waals surface area contributed by atoms with Crippen molar-refractivity contribution in [1.29, 1.82) is 0 Å². The Balaban J connectivity index is 1.59. The Labute approximate surface area is 141 Å². The van der Waals surface area contributed by atoms with E-state index >= 15 is 0 Å². The van der Waals surface area contributed by atoms with Crippen molar-refractivity contribution in [3.8, 4) is 5.75 Å². The second kappa shape index (κ2) is 7.23. The van der Waals surface area contributed by atoms with E-state index in [0.717, 1.165) is 37.6 Å². The summed E-state index contributed by atoms with van der Waals surface area (Å²) in [6, 6.07) is 8.00. The molecule has 2 heterocycles. The Morgan fingerprint density at radius 3 is 2.75 bits per heavy atom. The summed E-state index contributed by atoms with van der Waals surface area (Å²) in [6.45, 7) is 4.79. The molecule has 0 aliphatic carbocycles. The molecule has 24 heavy (non-hydrogen) atoms. The molecule has 6 heteroatoms. The number of aromatic nitrogens is 2. The normalized spacial score (nSPS) is 21.1. The van der Waals surface area contributed by atoms with Gasteiger partial charge in [0.05, 0.1) is 5.69 Å². The van der Waals surface area contributed by atoms with Gasteiger partial charge in [0.25, 0.3) is 0 Å². The number of aryl methyl sites for hydroxylation is 1. The summed E-state index contributed by atoms with van der Waals surface area (Å²) in [4.78, 5) is 10.9. The lowest BCUT2D eigenvalue weighted by molar-refractivity contribution is -0.0360. The van der Waals surface area contributed by atoms with Crippen molar-refractivity contribution in [3.63, 3.8) is 0 Å². The number of likely N-dealkylation sites (tertiary alicyclic amines) is 1. The highest BCUT2D eigenvalue weighted by Crippen LogP contribution is 2.27. The molecule has 0 bridgehead atoms. The Bertz CT molecular complexity index is 680. The van der Waals surface area contributed by atoms with Gasteiger partial charge in [0.2, 0.25) is 0 Å². The molecule has 1 atom stereocenters. The summed E-state index contributed by atoms with van der Waals surface area (Å²) < 4.78 is 24.5. The molecule has 0 N–H and O–H groups in total. The van der Waals surface area contributed by atoms with E-state index in [9.17, 15) is 4.39 Å². The van der Waals surface area contributed by atoms with E-state index in [1.807, 2.05) is 13.0 Å². The molecule has 1 aliphatic rings. The van der Waals surface area contributed by atoms with Crippen LogP contribution >= 0.6 is 0 Å². The molecular formula is C18H22FN3O2. The predicted octanol–water partition coefficient (Wildman–Crippen LogP) is 2.59. The van der Waals surface area contributed by atoms with Crippen LogP contribution in [0.5, 0.6) is 5.75 Å². The van der Waals surface area contributed by atoms with Crippen LogP contribution in [-0.2, 0) is 11.3 Å². The highest BCUT2D eigenvalue weighted by atomic mass is 19.1. The third kappa shape index (κ3) is 4.07. The van der Waals surface area contributed by atoms with Gasteiger partial charge in [0, 0.05) is 32.9 Å². The summed E-state index contributed by atoms with van der Waals surface area (Å²) >= 11 is 0. The lowest BCUT2D eigenvalue weighted by atomic mass is 10.0. The maximum absolute atomic E-state index is 13.0. The van der Waals surface area contributed by atoms with E-state index < -0.39 is 0 Å². The highest BCUT2D eigenvalue weighted by Gasteiger charge is 2.39. The third-order valence-corrected chi connectivity index (χ3v) is 4.36. The zero-order valence-electron chi connectivity index (χ0n) is 14.0. The van der Waals surface area contributed by atoms with Gasteiger partial charge in [-0.3, -0.25) is 4.90 Å². The Morgan fingerprint density at radius 1 is 1.25 bits per heavy atom. The van der Waals surface area contributed by atoms with Crippen molar-refractivity contribution in [1.82, 2.24) is 14.9 Å². The van der Waals surface area contributed by atoms with Crippen molar-refractivity contribution in [2.75, 3.05) is 26.8 Å². The van der Waals surface area contributed by atoms with Crippen LogP contribution in [0.3, 0.4) is 0 Å². The average molecular weight is 331 g/mol. The van der Waals surface area contributed by atoms with Crippen LogP contribution in [0.1, 0.15) is 17.9 Å². The molecule has 0 spiro atoms. The number of hydrogen-bond donors (Lipinski definition) is 0. The highest BCUT2D eigenvalue weighted by molar-refractivity contribution is 5.22. The van der Waals surface area contributed by atoms with E-state index in [2.05, 4.69) is 14.9 Å². The van der Waals surface area contributed by atoms with Gasteiger partial charge in [-0.05, 0) is 43.7 Å². The fourth-order valence-electron chi connectivity index (χ4n) is 2.97. The van der Waals surface area contributed by atoms with Crippen LogP contribution in [-0.4, -0.2) is 47.3 Å². The summed E-state index contributed by atoms with van der Waals surface area (Å²) in [5.74, 6) is 1.16.